The molecule has 0 atom stereocenters. The number of nitriles is 1. The third-order valence-electron chi connectivity index (χ3n) is 4.10. The fraction of sp³-hybridized carbons (Fsp3) is 0.250. The average Bonchev–Trinajstić information content (AvgIpc) is 3.13. The van der Waals surface area contributed by atoms with Gasteiger partial charge >= 0.3 is 0 Å². The molecule has 136 valence electrons. The van der Waals surface area contributed by atoms with Crippen molar-refractivity contribution in [2.45, 2.75) is 5.09 Å². The Morgan fingerprint density at radius 3 is 2.46 bits per heavy atom. The number of anilines is 1. The second-order valence-electron chi connectivity index (χ2n) is 5.62. The first-order chi connectivity index (χ1) is 12.3. The Morgan fingerprint density at radius 2 is 1.88 bits per heavy atom. The molecule has 0 radical (unpaired) electrons. The van der Waals surface area contributed by atoms with E-state index in [4.69, 9.17) is 15.4 Å². The molecular weight excluding hydrogens is 363 g/mol. The largest absolute Gasteiger partial charge is 0.438 e. The lowest BCUT2D eigenvalue weighted by atomic mass is 10.1. The molecule has 1 aromatic carbocycles. The van der Waals surface area contributed by atoms with Crippen molar-refractivity contribution in [1.29, 1.82) is 5.26 Å². The van der Waals surface area contributed by atoms with Gasteiger partial charge in [0.1, 0.15) is 17.4 Å². The van der Waals surface area contributed by atoms with Crippen molar-refractivity contribution in [2.75, 3.05) is 31.1 Å². The van der Waals surface area contributed by atoms with Gasteiger partial charge in [0.25, 0.3) is 15.9 Å². The Morgan fingerprint density at radius 1 is 1.19 bits per heavy atom. The number of hydrogen-bond acceptors (Lipinski definition) is 6. The quantitative estimate of drug-likeness (QED) is 0.844. The van der Waals surface area contributed by atoms with E-state index in [2.05, 4.69) is 0 Å². The van der Waals surface area contributed by atoms with Crippen LogP contribution in [0, 0.1) is 17.1 Å². The number of carbonyl (C=O) groups is 1. The standard InChI is InChI=1S/C16H15FN4O4S/c17-12-2-1-3-13(11(12)10-18)20-6-8-21(9-7-20)26(23,24)15-5-4-14(25-15)16(19)22/h1-5H,6-9H2,(H2,19,22). The summed E-state index contributed by atoms with van der Waals surface area (Å²) in [6.07, 6.45) is 0. The number of nitrogens with two attached hydrogens (primary N) is 1. The van der Waals surface area contributed by atoms with Gasteiger partial charge in [-0.05, 0) is 24.3 Å². The van der Waals surface area contributed by atoms with E-state index in [0.717, 1.165) is 0 Å². The van der Waals surface area contributed by atoms with Crippen LogP contribution in [0.2, 0.25) is 0 Å². The Balaban J connectivity index is 1.77. The normalized spacial score (nSPS) is 15.6. The molecule has 0 saturated carbocycles. The highest BCUT2D eigenvalue weighted by Crippen LogP contribution is 2.26. The smallest absolute Gasteiger partial charge is 0.284 e. The first-order valence-electron chi connectivity index (χ1n) is 7.68. The van der Waals surface area contributed by atoms with E-state index in [0.29, 0.717) is 5.69 Å². The Bertz CT molecular complexity index is 988. The predicted molar refractivity (Wildman–Crippen MR) is 89.3 cm³/mol. The average molecular weight is 378 g/mol. The van der Waals surface area contributed by atoms with E-state index in [1.165, 1.54) is 28.6 Å². The summed E-state index contributed by atoms with van der Waals surface area (Å²) >= 11 is 0. The molecule has 8 nitrogen and oxygen atoms in total. The topological polar surface area (TPSA) is 121 Å². The first-order valence-corrected chi connectivity index (χ1v) is 9.12. The van der Waals surface area contributed by atoms with Crippen molar-refractivity contribution in [3.8, 4) is 6.07 Å². The third kappa shape index (κ3) is 3.14. The molecule has 2 heterocycles. The Labute approximate surface area is 149 Å². The van der Waals surface area contributed by atoms with Gasteiger partial charge in [0.05, 0.1) is 5.69 Å². The van der Waals surface area contributed by atoms with E-state index in [1.807, 2.05) is 6.07 Å². The highest BCUT2D eigenvalue weighted by atomic mass is 32.2. The lowest BCUT2D eigenvalue weighted by Gasteiger charge is -2.35. The lowest BCUT2D eigenvalue weighted by molar-refractivity contribution is 0.0968. The number of amides is 1. The minimum atomic E-state index is -3.91. The van der Waals surface area contributed by atoms with Gasteiger partial charge in [0.15, 0.2) is 5.76 Å². The van der Waals surface area contributed by atoms with E-state index in [9.17, 15) is 17.6 Å². The van der Waals surface area contributed by atoms with Crippen LogP contribution >= 0.6 is 0 Å². The van der Waals surface area contributed by atoms with Crippen LogP contribution in [0.25, 0.3) is 0 Å². The van der Waals surface area contributed by atoms with Crippen LogP contribution in [0.4, 0.5) is 10.1 Å². The van der Waals surface area contributed by atoms with Crippen LogP contribution in [0.15, 0.2) is 39.8 Å². The number of benzene rings is 1. The number of primary amides is 1. The number of furan rings is 1. The summed E-state index contributed by atoms with van der Waals surface area (Å²) in [5.41, 5.74) is 5.43. The first kappa shape index (κ1) is 17.9. The summed E-state index contributed by atoms with van der Waals surface area (Å²) in [7, 11) is -3.91. The van der Waals surface area contributed by atoms with Crippen LogP contribution in [0.1, 0.15) is 16.1 Å². The molecule has 1 aliphatic rings. The zero-order valence-corrected chi connectivity index (χ0v) is 14.4. The third-order valence-corrected chi connectivity index (χ3v) is 5.87. The number of halogens is 1. The highest BCUT2D eigenvalue weighted by Gasteiger charge is 2.32. The molecular formula is C16H15FN4O4S. The van der Waals surface area contributed by atoms with E-state index >= 15 is 0 Å². The number of nitrogens with zero attached hydrogens (tertiary/aromatic N) is 3. The van der Waals surface area contributed by atoms with Crippen molar-refractivity contribution >= 4 is 21.6 Å². The van der Waals surface area contributed by atoms with Gasteiger partial charge in [-0.15, -0.1) is 0 Å². The van der Waals surface area contributed by atoms with Crippen LogP contribution in [0.3, 0.4) is 0 Å². The molecule has 2 N–H and O–H groups in total. The number of piperazine rings is 1. The van der Waals surface area contributed by atoms with Gasteiger partial charge in [-0.1, -0.05) is 6.07 Å². The lowest BCUT2D eigenvalue weighted by Crippen LogP contribution is -2.48. The van der Waals surface area contributed by atoms with Crippen LogP contribution in [-0.2, 0) is 10.0 Å². The van der Waals surface area contributed by atoms with Gasteiger partial charge in [0, 0.05) is 26.2 Å². The molecule has 10 heteroatoms. The number of hydrogen-bond donors (Lipinski definition) is 1. The molecule has 3 rings (SSSR count). The second-order valence-corrected chi connectivity index (χ2v) is 7.49. The molecule has 0 spiro atoms. The van der Waals surface area contributed by atoms with Gasteiger partial charge in [-0.2, -0.15) is 9.57 Å². The molecule has 2 aromatic rings. The Hall–Kier alpha value is -2.90. The van der Waals surface area contributed by atoms with Crippen molar-refractivity contribution in [3.05, 3.63) is 47.5 Å². The fourth-order valence-corrected chi connectivity index (χ4v) is 4.11. The summed E-state index contributed by atoms with van der Waals surface area (Å²) in [5, 5.41) is 8.78. The molecule has 0 aliphatic carbocycles. The van der Waals surface area contributed by atoms with Crippen LogP contribution in [0.5, 0.6) is 0 Å². The monoisotopic (exact) mass is 378 g/mol. The second kappa shape index (κ2) is 6.78. The maximum absolute atomic E-state index is 13.8. The fourth-order valence-electron chi connectivity index (χ4n) is 2.77. The minimum absolute atomic E-state index is 0.0686. The molecule has 0 bridgehead atoms. The van der Waals surface area contributed by atoms with Gasteiger partial charge < -0.3 is 15.1 Å². The highest BCUT2D eigenvalue weighted by molar-refractivity contribution is 7.89. The zero-order chi connectivity index (χ0) is 18.9. The van der Waals surface area contributed by atoms with Gasteiger partial charge in [0.2, 0.25) is 5.09 Å². The predicted octanol–water partition coefficient (Wildman–Crippen LogP) is 0.900. The van der Waals surface area contributed by atoms with Crippen molar-refractivity contribution in [1.82, 2.24) is 4.31 Å². The number of sulfonamides is 1. The maximum Gasteiger partial charge on any atom is 0.284 e. The SMILES string of the molecule is N#Cc1c(F)cccc1N1CCN(S(=O)(=O)c2ccc(C(N)=O)o2)CC1. The molecule has 26 heavy (non-hydrogen) atoms. The van der Waals surface area contributed by atoms with Crippen molar-refractivity contribution in [3.63, 3.8) is 0 Å². The van der Waals surface area contributed by atoms with Gasteiger partial charge in [-0.25, -0.2) is 12.8 Å². The zero-order valence-electron chi connectivity index (χ0n) is 13.6. The summed E-state index contributed by atoms with van der Waals surface area (Å²) in [6.45, 7) is 0.800. The van der Waals surface area contributed by atoms with Crippen LogP contribution in [-0.4, -0.2) is 44.8 Å². The molecule has 1 saturated heterocycles. The van der Waals surface area contributed by atoms with Gasteiger partial charge in [-0.3, -0.25) is 4.79 Å². The molecule has 1 amide bonds. The number of rotatable bonds is 4. The minimum Gasteiger partial charge on any atom is -0.438 e. The summed E-state index contributed by atoms with van der Waals surface area (Å²) < 4.78 is 45.2. The summed E-state index contributed by atoms with van der Waals surface area (Å²) in [4.78, 5) is 12.8. The summed E-state index contributed by atoms with van der Waals surface area (Å²) in [5.74, 6) is -1.71. The summed E-state index contributed by atoms with van der Waals surface area (Å²) in [6, 6.07) is 8.55. The molecule has 1 aliphatic heterocycles. The maximum atomic E-state index is 13.8. The Kier molecular flexibility index (Phi) is 4.67. The van der Waals surface area contributed by atoms with Crippen molar-refractivity contribution in [2.24, 2.45) is 5.73 Å². The van der Waals surface area contributed by atoms with E-state index < -0.39 is 21.7 Å². The van der Waals surface area contributed by atoms with Crippen molar-refractivity contribution < 1.29 is 22.0 Å². The van der Waals surface area contributed by atoms with E-state index in [-0.39, 0.29) is 42.6 Å². The number of carbonyl (C=O) groups excluding carboxylic acids is 1. The molecule has 1 fully saturated rings. The molecule has 1 aromatic heterocycles. The van der Waals surface area contributed by atoms with Crippen LogP contribution < -0.4 is 10.6 Å². The molecule has 0 unspecified atom stereocenters. The van der Waals surface area contributed by atoms with E-state index in [1.54, 1.807) is 11.0 Å².